The van der Waals surface area contributed by atoms with Crippen molar-refractivity contribution in [2.45, 2.75) is 25.9 Å². The Kier molecular flexibility index (Phi) is 6.74. The molecule has 0 bridgehead atoms. The summed E-state index contributed by atoms with van der Waals surface area (Å²) in [6.07, 6.45) is 3.26. The molecule has 0 saturated carbocycles. The highest BCUT2D eigenvalue weighted by atomic mass is 35.5. The number of hydrogen-bond acceptors (Lipinski definition) is 6. The number of piperazine rings is 1. The third-order valence-electron chi connectivity index (χ3n) is 6.93. The average molecular weight is 515 g/mol. The van der Waals surface area contributed by atoms with Crippen LogP contribution in [0.1, 0.15) is 29.8 Å². The topological polar surface area (TPSA) is 101 Å². The Morgan fingerprint density at radius 1 is 1.19 bits per heavy atom. The second kappa shape index (κ2) is 10.1. The maximum atomic E-state index is 13.2. The highest BCUT2D eigenvalue weighted by molar-refractivity contribution is 6.33. The number of imidazole rings is 1. The standard InChI is InChI=1S/C28H27ClN6O2/c1-17-15-35(16-18(2)34(17)3)21-7-8-22(19(11-21)13-30)28(36)32-20-6-9-24(29)23(12-20)27-31-14-25(33-27)26-5-4-10-37-26/h4-12,14,17-18H,15-16H2,1-3H3,(H,31,33)(H,32,36)/t17-,18+. The molecule has 2 atom stereocenters. The molecule has 1 aliphatic heterocycles. The van der Waals surface area contributed by atoms with Gasteiger partial charge in [-0.05, 0) is 69.4 Å². The third kappa shape index (κ3) is 4.96. The van der Waals surface area contributed by atoms with Crippen LogP contribution in [0.2, 0.25) is 5.02 Å². The lowest BCUT2D eigenvalue weighted by Crippen LogP contribution is -2.55. The fourth-order valence-corrected chi connectivity index (χ4v) is 4.84. The quantitative estimate of drug-likeness (QED) is 0.357. The number of nitrogens with one attached hydrogen (secondary N) is 2. The molecule has 2 N–H and O–H groups in total. The summed E-state index contributed by atoms with van der Waals surface area (Å²) in [6.45, 7) is 6.10. The number of rotatable bonds is 5. The van der Waals surface area contributed by atoms with Crippen molar-refractivity contribution in [3.63, 3.8) is 0 Å². The Balaban J connectivity index is 1.36. The number of halogens is 1. The number of carbonyl (C=O) groups is 1. The molecule has 0 radical (unpaired) electrons. The summed E-state index contributed by atoms with van der Waals surface area (Å²) in [5.41, 5.74) is 3.47. The van der Waals surface area contributed by atoms with Gasteiger partial charge in [0, 0.05) is 42.1 Å². The summed E-state index contributed by atoms with van der Waals surface area (Å²) in [7, 11) is 2.13. The van der Waals surface area contributed by atoms with E-state index in [9.17, 15) is 10.1 Å². The monoisotopic (exact) mass is 514 g/mol. The number of anilines is 2. The molecule has 4 aromatic rings. The van der Waals surface area contributed by atoms with Crippen LogP contribution in [0.4, 0.5) is 11.4 Å². The summed E-state index contributed by atoms with van der Waals surface area (Å²) < 4.78 is 5.42. The molecule has 9 heteroatoms. The number of carbonyl (C=O) groups excluding carboxylic acids is 1. The number of amides is 1. The van der Waals surface area contributed by atoms with Crippen molar-refractivity contribution < 1.29 is 9.21 Å². The van der Waals surface area contributed by atoms with Gasteiger partial charge in [-0.25, -0.2) is 4.98 Å². The number of aromatic amines is 1. The van der Waals surface area contributed by atoms with Gasteiger partial charge < -0.3 is 19.6 Å². The van der Waals surface area contributed by atoms with Crippen molar-refractivity contribution in [3.05, 3.63) is 77.1 Å². The molecule has 37 heavy (non-hydrogen) atoms. The molecular formula is C28H27ClN6O2. The number of H-pyrrole nitrogens is 1. The fourth-order valence-electron chi connectivity index (χ4n) is 4.63. The van der Waals surface area contributed by atoms with Crippen LogP contribution in [0.5, 0.6) is 0 Å². The fraction of sp³-hybridized carbons (Fsp3) is 0.250. The number of benzene rings is 2. The Bertz CT molecular complexity index is 1460. The highest BCUT2D eigenvalue weighted by Gasteiger charge is 2.27. The molecule has 188 valence electrons. The van der Waals surface area contributed by atoms with E-state index in [0.29, 0.717) is 56.8 Å². The molecule has 3 heterocycles. The summed E-state index contributed by atoms with van der Waals surface area (Å²) in [4.78, 5) is 25.4. The van der Waals surface area contributed by atoms with Crippen LogP contribution in [0.15, 0.2) is 65.4 Å². The van der Waals surface area contributed by atoms with E-state index >= 15 is 0 Å². The Morgan fingerprint density at radius 2 is 1.97 bits per heavy atom. The van der Waals surface area contributed by atoms with E-state index in [1.165, 1.54) is 0 Å². The van der Waals surface area contributed by atoms with Crippen LogP contribution in [-0.4, -0.2) is 53.0 Å². The Hall–Kier alpha value is -4.06. The Morgan fingerprint density at radius 3 is 2.68 bits per heavy atom. The van der Waals surface area contributed by atoms with Gasteiger partial charge in [-0.2, -0.15) is 5.26 Å². The van der Waals surface area contributed by atoms with Crippen LogP contribution < -0.4 is 10.2 Å². The number of furan rings is 1. The minimum Gasteiger partial charge on any atom is -0.463 e. The molecule has 8 nitrogen and oxygen atoms in total. The van der Waals surface area contributed by atoms with Gasteiger partial charge in [-0.3, -0.25) is 9.69 Å². The van der Waals surface area contributed by atoms with Crippen LogP contribution in [-0.2, 0) is 0 Å². The molecule has 0 spiro atoms. The first-order valence-electron chi connectivity index (χ1n) is 12.0. The third-order valence-corrected chi connectivity index (χ3v) is 7.26. The maximum absolute atomic E-state index is 13.2. The van der Waals surface area contributed by atoms with Gasteiger partial charge in [0.25, 0.3) is 5.91 Å². The first-order valence-corrected chi connectivity index (χ1v) is 12.4. The first-order chi connectivity index (χ1) is 17.8. The largest absolute Gasteiger partial charge is 0.463 e. The average Bonchev–Trinajstić information content (AvgIpc) is 3.60. The van der Waals surface area contributed by atoms with Gasteiger partial charge in [0.15, 0.2) is 5.76 Å². The van der Waals surface area contributed by atoms with Crippen molar-refractivity contribution in [2.24, 2.45) is 0 Å². The van der Waals surface area contributed by atoms with Crippen molar-refractivity contribution in [1.82, 2.24) is 14.9 Å². The lowest BCUT2D eigenvalue weighted by atomic mass is 10.0. The number of nitrogens with zero attached hydrogens (tertiary/aromatic N) is 4. The number of aromatic nitrogens is 2. The molecule has 2 aromatic carbocycles. The zero-order valence-electron chi connectivity index (χ0n) is 20.8. The molecule has 0 unspecified atom stereocenters. The van der Waals surface area contributed by atoms with Crippen molar-refractivity contribution >= 4 is 28.9 Å². The first kappa shape index (κ1) is 24.6. The van der Waals surface area contributed by atoms with Crippen molar-refractivity contribution in [1.29, 1.82) is 5.26 Å². The minimum atomic E-state index is -0.368. The smallest absolute Gasteiger partial charge is 0.257 e. The zero-order chi connectivity index (χ0) is 26.1. The number of likely N-dealkylation sites (N-methyl/N-ethyl adjacent to an activating group) is 1. The van der Waals surface area contributed by atoms with E-state index in [-0.39, 0.29) is 5.91 Å². The molecule has 2 aromatic heterocycles. The minimum absolute atomic E-state index is 0.316. The predicted octanol–water partition coefficient (Wildman–Crippen LogP) is 5.64. The van der Waals surface area contributed by atoms with Crippen molar-refractivity contribution in [2.75, 3.05) is 30.4 Å². The van der Waals surface area contributed by atoms with Gasteiger partial charge in [0.05, 0.1) is 28.6 Å². The van der Waals surface area contributed by atoms with Gasteiger partial charge in [-0.1, -0.05) is 11.6 Å². The van der Waals surface area contributed by atoms with E-state index in [2.05, 4.69) is 52.0 Å². The summed E-state index contributed by atoms with van der Waals surface area (Å²) in [5, 5.41) is 13.2. The summed E-state index contributed by atoms with van der Waals surface area (Å²) in [6, 6.07) is 17.2. The van der Waals surface area contributed by atoms with E-state index in [4.69, 9.17) is 16.0 Å². The molecular weight excluding hydrogens is 488 g/mol. The highest BCUT2D eigenvalue weighted by Crippen LogP contribution is 2.31. The molecule has 5 rings (SSSR count). The SMILES string of the molecule is C[C@@H]1CN(c2ccc(C(=O)Nc3ccc(Cl)c(-c4ncc(-c5ccco5)[nH]4)c3)c(C#N)c2)C[C@H](C)N1C. The van der Waals surface area contributed by atoms with Crippen molar-refractivity contribution in [3.8, 4) is 28.9 Å². The molecule has 1 saturated heterocycles. The van der Waals surface area contributed by atoms with E-state index in [0.717, 1.165) is 18.8 Å². The predicted molar refractivity (Wildman–Crippen MR) is 145 cm³/mol. The van der Waals surface area contributed by atoms with Gasteiger partial charge >= 0.3 is 0 Å². The second-order valence-corrected chi connectivity index (χ2v) is 9.79. The molecule has 1 aliphatic rings. The number of hydrogen-bond donors (Lipinski definition) is 2. The summed E-state index contributed by atoms with van der Waals surface area (Å²) >= 11 is 6.44. The van der Waals surface area contributed by atoms with E-state index in [1.807, 2.05) is 12.1 Å². The lowest BCUT2D eigenvalue weighted by Gasteiger charge is -2.43. The zero-order valence-corrected chi connectivity index (χ0v) is 21.6. The molecule has 1 fully saturated rings. The lowest BCUT2D eigenvalue weighted by molar-refractivity contribution is 0.102. The van der Waals surface area contributed by atoms with Crippen LogP contribution in [0.3, 0.4) is 0 Å². The maximum Gasteiger partial charge on any atom is 0.257 e. The second-order valence-electron chi connectivity index (χ2n) is 9.38. The normalized spacial score (nSPS) is 18.0. The molecule has 1 amide bonds. The van der Waals surface area contributed by atoms with E-state index in [1.54, 1.807) is 48.9 Å². The van der Waals surface area contributed by atoms with Gasteiger partial charge in [0.1, 0.15) is 17.6 Å². The molecule has 0 aliphatic carbocycles. The van der Waals surface area contributed by atoms with Crippen LogP contribution in [0, 0.1) is 11.3 Å². The summed E-state index contributed by atoms with van der Waals surface area (Å²) in [5.74, 6) is 0.838. The van der Waals surface area contributed by atoms with E-state index < -0.39 is 0 Å². The number of nitriles is 1. The van der Waals surface area contributed by atoms with Gasteiger partial charge in [-0.15, -0.1) is 0 Å². The van der Waals surface area contributed by atoms with Gasteiger partial charge in [0.2, 0.25) is 0 Å². The Labute approximate surface area is 220 Å². The van der Waals surface area contributed by atoms with Crippen LogP contribution in [0.25, 0.3) is 22.8 Å². The van der Waals surface area contributed by atoms with Crippen LogP contribution >= 0.6 is 11.6 Å².